The lowest BCUT2D eigenvalue weighted by Gasteiger charge is -2.37. The molecule has 2 N–H and O–H groups in total. The standard InChI is InChI=1S/C32H44N2O8P2/c1-31(2,3)43(37)25-21(39-7)15-11-17-23(25)41-29(43)27(35)33-19-13-9-10-14-20(19)34-28(36)30-42-24-18-12-16-22(40-8)26(24)44(30,38)32(4,5)6/h11-12,15-20,29-30H,9-10,13-14H2,1-8H3,(H,33,35)(H,34,36)/t19-,20-,29-,30-,43+,44+/m1/s1. The summed E-state index contributed by atoms with van der Waals surface area (Å²) in [5.74, 6) is -1.87. The number of nitrogens with one attached hydrogen (secondary N) is 2. The van der Waals surface area contributed by atoms with Gasteiger partial charge in [-0.25, -0.2) is 0 Å². The second-order valence-corrected chi connectivity index (χ2v) is 20.9. The third-order valence-corrected chi connectivity index (χ3v) is 17.2. The smallest absolute Gasteiger partial charge is 0.269 e. The van der Waals surface area contributed by atoms with Gasteiger partial charge in [-0.2, -0.15) is 0 Å². The van der Waals surface area contributed by atoms with Crippen LogP contribution in [0.15, 0.2) is 36.4 Å². The Morgan fingerprint density at radius 2 is 1.07 bits per heavy atom. The van der Waals surface area contributed by atoms with E-state index in [1.54, 1.807) is 36.4 Å². The number of methoxy groups -OCH3 is 2. The van der Waals surface area contributed by atoms with Crippen molar-refractivity contribution in [2.24, 2.45) is 0 Å². The second kappa shape index (κ2) is 11.4. The molecule has 2 aromatic carbocycles. The summed E-state index contributed by atoms with van der Waals surface area (Å²) >= 11 is 0. The van der Waals surface area contributed by atoms with Gasteiger partial charge in [-0.05, 0) is 37.1 Å². The fourth-order valence-electron chi connectivity index (χ4n) is 6.60. The number of carbonyl (C=O) groups excluding carboxylic acids is 2. The zero-order chi connectivity index (χ0) is 32.2. The van der Waals surface area contributed by atoms with Gasteiger partial charge in [-0.15, -0.1) is 0 Å². The fourth-order valence-corrected chi connectivity index (χ4v) is 13.0. The number of benzene rings is 2. The molecule has 240 valence electrons. The van der Waals surface area contributed by atoms with E-state index in [4.69, 9.17) is 18.9 Å². The minimum Gasteiger partial charge on any atom is -0.496 e. The Hall–Kier alpha value is -2.96. The van der Waals surface area contributed by atoms with Crippen LogP contribution in [0.5, 0.6) is 23.0 Å². The Balaban J connectivity index is 1.40. The highest BCUT2D eigenvalue weighted by atomic mass is 31.2. The van der Waals surface area contributed by atoms with Crippen LogP contribution in [0, 0.1) is 0 Å². The number of fused-ring (bicyclic) bond motifs is 2. The molecule has 1 fully saturated rings. The van der Waals surface area contributed by atoms with Crippen molar-refractivity contribution in [1.29, 1.82) is 0 Å². The average molecular weight is 647 g/mol. The van der Waals surface area contributed by atoms with Crippen LogP contribution in [0.4, 0.5) is 0 Å². The monoisotopic (exact) mass is 646 g/mol. The maximum Gasteiger partial charge on any atom is 0.269 e. The van der Waals surface area contributed by atoms with Crippen molar-refractivity contribution in [1.82, 2.24) is 10.6 Å². The maximum atomic E-state index is 14.8. The van der Waals surface area contributed by atoms with E-state index in [0.29, 0.717) is 46.4 Å². The molecule has 1 saturated carbocycles. The predicted octanol–water partition coefficient (Wildman–Crippen LogP) is 4.96. The third kappa shape index (κ3) is 5.02. The van der Waals surface area contributed by atoms with E-state index in [9.17, 15) is 18.7 Å². The normalized spacial score (nSPS) is 29.5. The molecule has 0 spiro atoms. The Kier molecular flexibility index (Phi) is 8.43. The third-order valence-electron chi connectivity index (χ3n) is 9.03. The van der Waals surface area contributed by atoms with Gasteiger partial charge in [-0.1, -0.05) is 66.5 Å². The van der Waals surface area contributed by atoms with E-state index in [0.717, 1.165) is 12.8 Å². The van der Waals surface area contributed by atoms with Crippen LogP contribution < -0.4 is 40.2 Å². The van der Waals surface area contributed by atoms with Crippen LogP contribution in [0.1, 0.15) is 67.2 Å². The van der Waals surface area contributed by atoms with Crippen LogP contribution in [-0.4, -0.2) is 60.1 Å². The van der Waals surface area contributed by atoms with Gasteiger partial charge in [0.25, 0.3) is 11.8 Å². The number of carbonyl (C=O) groups is 2. The molecule has 2 aliphatic heterocycles. The highest BCUT2D eigenvalue weighted by Crippen LogP contribution is 2.68. The molecule has 0 radical (unpaired) electrons. The van der Waals surface area contributed by atoms with Crippen LogP contribution >= 0.6 is 14.3 Å². The predicted molar refractivity (Wildman–Crippen MR) is 171 cm³/mol. The van der Waals surface area contributed by atoms with Crippen LogP contribution in [0.2, 0.25) is 0 Å². The number of hydrogen-bond acceptors (Lipinski definition) is 8. The van der Waals surface area contributed by atoms with Gasteiger partial charge in [-0.3, -0.25) is 9.59 Å². The molecule has 1 aliphatic carbocycles. The van der Waals surface area contributed by atoms with Gasteiger partial charge in [0.1, 0.15) is 33.6 Å². The molecular formula is C32H44N2O8P2. The van der Waals surface area contributed by atoms with Crippen molar-refractivity contribution >= 4 is 36.7 Å². The summed E-state index contributed by atoms with van der Waals surface area (Å²) in [4.78, 5) is 27.9. The highest BCUT2D eigenvalue weighted by molar-refractivity contribution is 7.75. The molecule has 2 heterocycles. The van der Waals surface area contributed by atoms with Gasteiger partial charge in [0.05, 0.1) is 14.2 Å². The summed E-state index contributed by atoms with van der Waals surface area (Å²) in [6.45, 7) is 11.0. The zero-order valence-electron chi connectivity index (χ0n) is 26.8. The number of rotatable bonds is 6. The highest BCUT2D eigenvalue weighted by Gasteiger charge is 2.59. The van der Waals surface area contributed by atoms with Crippen molar-refractivity contribution < 1.29 is 37.7 Å². The summed E-state index contributed by atoms with van der Waals surface area (Å²) in [5, 5.41) is 5.44. The van der Waals surface area contributed by atoms with Gasteiger partial charge in [0.2, 0.25) is 11.7 Å². The van der Waals surface area contributed by atoms with Crippen LogP contribution in [-0.2, 0) is 18.7 Å². The van der Waals surface area contributed by atoms with E-state index in [1.165, 1.54) is 14.2 Å². The zero-order valence-corrected chi connectivity index (χ0v) is 28.6. The molecule has 12 heteroatoms. The molecule has 0 bridgehead atoms. The lowest BCUT2D eigenvalue weighted by atomic mass is 9.90. The molecule has 0 aromatic heterocycles. The van der Waals surface area contributed by atoms with Gasteiger partial charge >= 0.3 is 0 Å². The van der Waals surface area contributed by atoms with E-state index in [2.05, 4.69) is 10.6 Å². The molecule has 44 heavy (non-hydrogen) atoms. The maximum absolute atomic E-state index is 14.8. The van der Waals surface area contributed by atoms with E-state index >= 15 is 0 Å². The molecule has 5 rings (SSSR count). The average Bonchev–Trinajstić information content (AvgIpc) is 3.47. The summed E-state index contributed by atoms with van der Waals surface area (Å²) < 4.78 is 52.9. The van der Waals surface area contributed by atoms with Crippen molar-refractivity contribution in [2.75, 3.05) is 14.2 Å². The molecular weight excluding hydrogens is 602 g/mol. The Morgan fingerprint density at radius 3 is 1.39 bits per heavy atom. The van der Waals surface area contributed by atoms with Gasteiger partial charge < -0.3 is 38.7 Å². The van der Waals surface area contributed by atoms with Crippen molar-refractivity contribution in [2.45, 2.75) is 101 Å². The fraction of sp³-hybridized carbons (Fsp3) is 0.562. The van der Waals surface area contributed by atoms with Crippen molar-refractivity contribution in [3.05, 3.63) is 36.4 Å². The number of ether oxygens (including phenoxy) is 4. The molecule has 0 unspecified atom stereocenters. The SMILES string of the molecule is COc1cccc2c1[P@@](=O)(C(C)(C)C)[C@H](C(=O)N[C@@H]1CCCC[C@H]1NC(=O)[C@@H]1Oc3cccc(OC)c3[P@@]1(=O)C(C)(C)C)O2. The summed E-state index contributed by atoms with van der Waals surface area (Å²) in [7, 11) is -3.96. The Morgan fingerprint density at radius 1 is 0.705 bits per heavy atom. The van der Waals surface area contributed by atoms with E-state index < -0.39 is 60.2 Å². The second-order valence-electron chi connectivity index (χ2n) is 13.7. The summed E-state index contributed by atoms with van der Waals surface area (Å²) in [6, 6.07) is 9.45. The number of amides is 2. The van der Waals surface area contributed by atoms with Gasteiger partial charge in [0.15, 0.2) is 14.3 Å². The summed E-state index contributed by atoms with van der Waals surface area (Å²) in [5.41, 5.74) is 0. The van der Waals surface area contributed by atoms with Crippen LogP contribution in [0.25, 0.3) is 0 Å². The topological polar surface area (TPSA) is 129 Å². The molecule has 0 saturated heterocycles. The van der Waals surface area contributed by atoms with E-state index in [1.807, 2.05) is 41.5 Å². The van der Waals surface area contributed by atoms with E-state index in [-0.39, 0.29) is 0 Å². The van der Waals surface area contributed by atoms with Crippen molar-refractivity contribution in [3.8, 4) is 23.0 Å². The lowest BCUT2D eigenvalue weighted by molar-refractivity contribution is -0.128. The largest absolute Gasteiger partial charge is 0.496 e. The Labute approximate surface area is 259 Å². The molecule has 10 nitrogen and oxygen atoms in total. The Bertz CT molecular complexity index is 1440. The first kappa shape index (κ1) is 32.4. The minimum absolute atomic E-state index is 0.377. The minimum atomic E-state index is -3.49. The number of hydrogen-bond donors (Lipinski definition) is 2. The first-order chi connectivity index (χ1) is 20.6. The molecule has 6 atom stereocenters. The first-order valence-corrected chi connectivity index (χ1v) is 18.6. The quantitative estimate of drug-likeness (QED) is 0.422. The molecule has 2 amide bonds. The van der Waals surface area contributed by atoms with Crippen molar-refractivity contribution in [3.63, 3.8) is 0 Å². The van der Waals surface area contributed by atoms with Gasteiger partial charge in [0, 0.05) is 22.4 Å². The van der Waals surface area contributed by atoms with Crippen LogP contribution in [0.3, 0.4) is 0 Å². The molecule has 2 aromatic rings. The summed E-state index contributed by atoms with van der Waals surface area (Å²) in [6.07, 6.45) is 2.90. The lowest BCUT2D eigenvalue weighted by Crippen LogP contribution is -2.57. The molecule has 3 aliphatic rings. The first-order valence-electron chi connectivity index (χ1n) is 15.1.